The summed E-state index contributed by atoms with van der Waals surface area (Å²) in [6.45, 7) is 10.9. The summed E-state index contributed by atoms with van der Waals surface area (Å²) in [5, 5.41) is 4.39. The summed E-state index contributed by atoms with van der Waals surface area (Å²) in [4.78, 5) is 14.2. The molecule has 0 radical (unpaired) electrons. The zero-order valence-corrected chi connectivity index (χ0v) is 20.9. The van der Waals surface area contributed by atoms with Crippen LogP contribution >= 0.6 is 35.6 Å². The Morgan fingerprint density at radius 2 is 1.69 bits per heavy atom. The molecule has 0 atom stereocenters. The van der Waals surface area contributed by atoms with E-state index < -0.39 is 0 Å². The monoisotopic (exact) mass is 534 g/mol. The van der Waals surface area contributed by atoms with Crippen LogP contribution in [0.1, 0.15) is 12.8 Å². The summed E-state index contributed by atoms with van der Waals surface area (Å²) < 4.78 is 0. The van der Waals surface area contributed by atoms with Gasteiger partial charge in [-0.05, 0) is 38.6 Å². The highest BCUT2D eigenvalue weighted by atomic mass is 127. The maximum Gasteiger partial charge on any atom is 0.193 e. The second-order valence-corrected chi connectivity index (χ2v) is 8.16. The standard InChI is InChI=1S/C21H35ClN6.HI/c1-23-21(24-9-5-6-10-26-13-11-25(2)12-14-26)28-17-15-27(16-18-28)20-8-4-3-7-19(20)22;/h3-4,7-8H,5-6,9-18H2,1-2H3,(H,23,24);1H. The molecule has 29 heavy (non-hydrogen) atoms. The number of nitrogens with zero attached hydrogens (tertiary/aromatic N) is 5. The Morgan fingerprint density at radius 1 is 1.00 bits per heavy atom. The van der Waals surface area contributed by atoms with E-state index in [0.29, 0.717) is 0 Å². The summed E-state index contributed by atoms with van der Waals surface area (Å²) in [5.74, 6) is 1.03. The molecule has 1 N–H and O–H groups in total. The first-order chi connectivity index (χ1) is 13.7. The van der Waals surface area contributed by atoms with Crippen molar-refractivity contribution in [2.75, 3.05) is 84.4 Å². The normalized spacial score (nSPS) is 19.2. The van der Waals surface area contributed by atoms with E-state index in [2.05, 4.69) is 49.1 Å². The second-order valence-electron chi connectivity index (χ2n) is 7.75. The molecular weight excluding hydrogens is 499 g/mol. The number of nitrogens with one attached hydrogen (secondary N) is 1. The zero-order chi connectivity index (χ0) is 19.8. The SMILES string of the molecule is CN=C(NCCCCN1CCN(C)CC1)N1CCN(c2ccccc2Cl)CC1.I. The van der Waals surface area contributed by atoms with E-state index in [4.69, 9.17) is 11.6 Å². The average molecular weight is 535 g/mol. The Kier molecular flexibility index (Phi) is 10.8. The number of piperazine rings is 2. The molecule has 0 spiro atoms. The van der Waals surface area contributed by atoms with Crippen LogP contribution in [0, 0.1) is 0 Å². The van der Waals surface area contributed by atoms with Crippen LogP contribution in [0.3, 0.4) is 0 Å². The highest BCUT2D eigenvalue weighted by Gasteiger charge is 2.21. The molecule has 0 amide bonds. The lowest BCUT2D eigenvalue weighted by molar-refractivity contribution is 0.152. The number of halogens is 2. The number of benzene rings is 1. The van der Waals surface area contributed by atoms with Gasteiger partial charge in [-0.3, -0.25) is 4.99 Å². The Morgan fingerprint density at radius 3 is 2.34 bits per heavy atom. The summed E-state index contributed by atoms with van der Waals surface area (Å²) in [6.07, 6.45) is 2.43. The quantitative estimate of drug-likeness (QED) is 0.263. The predicted octanol–water partition coefficient (Wildman–Crippen LogP) is 2.68. The van der Waals surface area contributed by atoms with Gasteiger partial charge in [0.15, 0.2) is 5.96 Å². The first-order valence-corrected chi connectivity index (χ1v) is 10.9. The van der Waals surface area contributed by atoms with Gasteiger partial charge >= 0.3 is 0 Å². The van der Waals surface area contributed by atoms with Crippen LogP contribution in [0.25, 0.3) is 0 Å². The number of para-hydroxylation sites is 1. The molecule has 164 valence electrons. The molecule has 0 saturated carbocycles. The second kappa shape index (κ2) is 12.8. The van der Waals surface area contributed by atoms with Crippen molar-refractivity contribution in [3.05, 3.63) is 29.3 Å². The number of hydrogen-bond acceptors (Lipinski definition) is 4. The first-order valence-electron chi connectivity index (χ1n) is 10.5. The summed E-state index contributed by atoms with van der Waals surface area (Å²) >= 11 is 6.35. The van der Waals surface area contributed by atoms with Gasteiger partial charge in [-0.2, -0.15) is 0 Å². The van der Waals surface area contributed by atoms with Crippen molar-refractivity contribution < 1.29 is 0 Å². The van der Waals surface area contributed by atoms with Gasteiger partial charge in [0.1, 0.15) is 0 Å². The Labute approximate surface area is 198 Å². The highest BCUT2D eigenvalue weighted by Crippen LogP contribution is 2.25. The van der Waals surface area contributed by atoms with E-state index in [0.717, 1.165) is 49.4 Å². The lowest BCUT2D eigenvalue weighted by Gasteiger charge is -2.38. The third-order valence-corrected chi connectivity index (χ3v) is 6.08. The molecular formula is C21H36ClIN6. The van der Waals surface area contributed by atoms with Crippen LogP contribution in [-0.4, -0.2) is 100 Å². The van der Waals surface area contributed by atoms with Crippen molar-refractivity contribution in [2.45, 2.75) is 12.8 Å². The maximum absolute atomic E-state index is 6.35. The van der Waals surface area contributed by atoms with E-state index in [1.807, 2.05) is 19.2 Å². The first kappa shape index (κ1) is 24.5. The molecule has 0 bridgehead atoms. The minimum absolute atomic E-state index is 0. The fraction of sp³-hybridized carbons (Fsp3) is 0.667. The fourth-order valence-electron chi connectivity index (χ4n) is 3.93. The smallest absolute Gasteiger partial charge is 0.193 e. The Bertz CT molecular complexity index is 627. The molecule has 0 unspecified atom stereocenters. The molecule has 2 heterocycles. The third-order valence-electron chi connectivity index (χ3n) is 5.76. The van der Waals surface area contributed by atoms with Crippen molar-refractivity contribution in [2.24, 2.45) is 4.99 Å². The van der Waals surface area contributed by atoms with Crippen LogP contribution in [0.5, 0.6) is 0 Å². The number of guanidine groups is 1. The summed E-state index contributed by atoms with van der Waals surface area (Å²) in [6, 6.07) is 8.10. The predicted molar refractivity (Wildman–Crippen MR) is 135 cm³/mol. The van der Waals surface area contributed by atoms with Crippen molar-refractivity contribution in [1.82, 2.24) is 20.0 Å². The Hall–Kier alpha value is -0.770. The van der Waals surface area contributed by atoms with Crippen LogP contribution in [-0.2, 0) is 0 Å². The van der Waals surface area contributed by atoms with Gasteiger partial charge in [0.25, 0.3) is 0 Å². The zero-order valence-electron chi connectivity index (χ0n) is 17.8. The van der Waals surface area contributed by atoms with Gasteiger partial charge in [0, 0.05) is 66.0 Å². The number of aliphatic imine (C=N–C) groups is 1. The number of anilines is 1. The van der Waals surface area contributed by atoms with E-state index in [1.54, 1.807) is 0 Å². The van der Waals surface area contributed by atoms with Crippen LogP contribution in [0.15, 0.2) is 29.3 Å². The molecule has 8 heteroatoms. The molecule has 1 aromatic carbocycles. The number of rotatable bonds is 6. The van der Waals surface area contributed by atoms with Crippen molar-refractivity contribution in [3.63, 3.8) is 0 Å². The van der Waals surface area contributed by atoms with Crippen molar-refractivity contribution in [3.8, 4) is 0 Å². The van der Waals surface area contributed by atoms with Gasteiger partial charge in [-0.15, -0.1) is 24.0 Å². The van der Waals surface area contributed by atoms with Crippen molar-refractivity contribution in [1.29, 1.82) is 0 Å². The minimum Gasteiger partial charge on any atom is -0.367 e. The largest absolute Gasteiger partial charge is 0.367 e. The fourth-order valence-corrected chi connectivity index (χ4v) is 4.19. The van der Waals surface area contributed by atoms with Gasteiger partial charge in [0.05, 0.1) is 10.7 Å². The van der Waals surface area contributed by atoms with Gasteiger partial charge in [-0.1, -0.05) is 23.7 Å². The van der Waals surface area contributed by atoms with Gasteiger partial charge in [-0.25, -0.2) is 0 Å². The molecule has 2 aliphatic rings. The summed E-state index contributed by atoms with van der Waals surface area (Å²) in [7, 11) is 4.09. The lowest BCUT2D eigenvalue weighted by Crippen LogP contribution is -2.52. The molecule has 0 aromatic heterocycles. The van der Waals surface area contributed by atoms with Gasteiger partial charge in [0.2, 0.25) is 0 Å². The molecule has 2 saturated heterocycles. The van der Waals surface area contributed by atoms with E-state index in [1.165, 1.54) is 45.6 Å². The highest BCUT2D eigenvalue weighted by molar-refractivity contribution is 14.0. The molecule has 6 nitrogen and oxygen atoms in total. The average Bonchev–Trinajstić information content (AvgIpc) is 2.73. The molecule has 0 aliphatic carbocycles. The molecule has 2 aliphatic heterocycles. The third kappa shape index (κ3) is 7.45. The molecule has 3 rings (SSSR count). The van der Waals surface area contributed by atoms with E-state index in [-0.39, 0.29) is 24.0 Å². The topological polar surface area (TPSA) is 37.4 Å². The van der Waals surface area contributed by atoms with Crippen molar-refractivity contribution >= 4 is 47.2 Å². The van der Waals surface area contributed by atoms with Gasteiger partial charge < -0.3 is 24.9 Å². The van der Waals surface area contributed by atoms with E-state index in [9.17, 15) is 0 Å². The lowest BCUT2D eigenvalue weighted by atomic mass is 10.2. The minimum atomic E-state index is 0. The maximum atomic E-state index is 6.35. The number of likely N-dealkylation sites (N-methyl/N-ethyl adjacent to an activating group) is 1. The van der Waals surface area contributed by atoms with Crippen LogP contribution < -0.4 is 10.2 Å². The van der Waals surface area contributed by atoms with E-state index >= 15 is 0 Å². The number of unbranched alkanes of at least 4 members (excludes halogenated alkanes) is 1. The molecule has 2 fully saturated rings. The Balaban J connectivity index is 0.00000300. The van der Waals surface area contributed by atoms with Crippen LogP contribution in [0.4, 0.5) is 5.69 Å². The number of hydrogen-bond donors (Lipinski definition) is 1. The van der Waals surface area contributed by atoms with Crippen LogP contribution in [0.2, 0.25) is 5.02 Å². The molecule has 1 aromatic rings. The summed E-state index contributed by atoms with van der Waals surface area (Å²) in [5.41, 5.74) is 1.13.